The summed E-state index contributed by atoms with van der Waals surface area (Å²) in [6, 6.07) is 3.46. The zero-order chi connectivity index (χ0) is 9.97. The Labute approximate surface area is 91.1 Å². The van der Waals surface area contributed by atoms with Gasteiger partial charge in [-0.3, -0.25) is 4.79 Å². The Kier molecular flexibility index (Phi) is 2.89. The van der Waals surface area contributed by atoms with Crippen molar-refractivity contribution in [2.45, 2.75) is 12.8 Å². The average molecular weight is 229 g/mol. The highest BCUT2D eigenvalue weighted by atomic mass is 35.5. The van der Waals surface area contributed by atoms with Crippen LogP contribution in [-0.2, 0) is 4.74 Å². The smallest absolute Gasteiger partial charge is 0.237 e. The molecule has 14 heavy (non-hydrogen) atoms. The first kappa shape index (κ1) is 9.74. The van der Waals surface area contributed by atoms with Crippen molar-refractivity contribution in [1.82, 2.24) is 0 Å². The van der Waals surface area contributed by atoms with Gasteiger partial charge in [-0.25, -0.2) is 0 Å². The van der Waals surface area contributed by atoms with E-state index in [1.54, 1.807) is 12.1 Å². The molecule has 0 atom stereocenters. The van der Waals surface area contributed by atoms with Crippen LogP contribution in [0.5, 0.6) is 0 Å². The lowest BCUT2D eigenvalue weighted by molar-refractivity contribution is 0.0903. The number of carbonyl (C=O) groups excluding carboxylic acids is 1. The standard InChI is InChI=1S/C10H9ClO2S/c11-9-5-4-8(14-9)10(12)7-3-1-2-6-13-7/h3-5H,1-2,6H2. The second-order valence-electron chi connectivity index (χ2n) is 2.99. The number of hydrogen-bond donors (Lipinski definition) is 0. The molecule has 2 nitrogen and oxygen atoms in total. The summed E-state index contributed by atoms with van der Waals surface area (Å²) in [7, 11) is 0. The lowest BCUT2D eigenvalue weighted by atomic mass is 10.2. The fourth-order valence-corrected chi connectivity index (χ4v) is 2.26. The first-order chi connectivity index (χ1) is 6.77. The fourth-order valence-electron chi connectivity index (χ4n) is 1.27. The maximum absolute atomic E-state index is 11.8. The van der Waals surface area contributed by atoms with Crippen LogP contribution < -0.4 is 0 Å². The second kappa shape index (κ2) is 4.15. The minimum atomic E-state index is -0.0541. The number of rotatable bonds is 2. The molecule has 0 aromatic carbocycles. The predicted octanol–water partition coefficient (Wildman–Crippen LogP) is 3.28. The summed E-state index contributed by atoms with van der Waals surface area (Å²) in [4.78, 5) is 12.4. The van der Waals surface area contributed by atoms with E-state index >= 15 is 0 Å². The second-order valence-corrected chi connectivity index (χ2v) is 4.71. The van der Waals surface area contributed by atoms with E-state index in [1.807, 2.05) is 6.08 Å². The van der Waals surface area contributed by atoms with Crippen LogP contribution in [0, 0.1) is 0 Å². The van der Waals surface area contributed by atoms with Gasteiger partial charge in [0.25, 0.3) is 0 Å². The first-order valence-electron chi connectivity index (χ1n) is 4.40. The van der Waals surface area contributed by atoms with E-state index in [-0.39, 0.29) is 5.78 Å². The molecule has 0 saturated heterocycles. The van der Waals surface area contributed by atoms with Crippen LogP contribution in [0.1, 0.15) is 22.5 Å². The Balaban J connectivity index is 2.19. The van der Waals surface area contributed by atoms with E-state index in [4.69, 9.17) is 16.3 Å². The SMILES string of the molecule is O=C(C1=CCCCO1)c1ccc(Cl)s1. The highest BCUT2D eigenvalue weighted by Gasteiger charge is 2.17. The summed E-state index contributed by atoms with van der Waals surface area (Å²) in [5, 5.41) is 0. The van der Waals surface area contributed by atoms with Crippen LogP contribution in [0.25, 0.3) is 0 Å². The minimum Gasteiger partial charge on any atom is -0.490 e. The van der Waals surface area contributed by atoms with Gasteiger partial charge in [0.05, 0.1) is 15.8 Å². The largest absolute Gasteiger partial charge is 0.490 e. The van der Waals surface area contributed by atoms with Gasteiger partial charge < -0.3 is 4.74 Å². The van der Waals surface area contributed by atoms with E-state index < -0.39 is 0 Å². The molecule has 0 aliphatic carbocycles. The Morgan fingerprint density at radius 2 is 2.36 bits per heavy atom. The normalized spacial score (nSPS) is 15.9. The van der Waals surface area contributed by atoms with Crippen LogP contribution in [0.4, 0.5) is 0 Å². The molecule has 2 rings (SSSR count). The van der Waals surface area contributed by atoms with E-state index in [9.17, 15) is 4.79 Å². The van der Waals surface area contributed by atoms with Crippen LogP contribution >= 0.6 is 22.9 Å². The maximum Gasteiger partial charge on any atom is 0.237 e. The van der Waals surface area contributed by atoms with Gasteiger partial charge in [0, 0.05) is 0 Å². The Morgan fingerprint density at radius 3 is 2.93 bits per heavy atom. The Hall–Kier alpha value is -0.800. The number of thiophene rings is 1. The van der Waals surface area contributed by atoms with Crippen molar-refractivity contribution in [1.29, 1.82) is 0 Å². The van der Waals surface area contributed by atoms with Gasteiger partial charge in [0.15, 0.2) is 5.76 Å². The molecule has 0 N–H and O–H groups in total. The topological polar surface area (TPSA) is 26.3 Å². The molecule has 4 heteroatoms. The molecule has 1 aliphatic rings. The summed E-state index contributed by atoms with van der Waals surface area (Å²) >= 11 is 7.03. The number of ether oxygens (including phenoxy) is 1. The molecule has 0 amide bonds. The van der Waals surface area contributed by atoms with Crippen LogP contribution in [0.3, 0.4) is 0 Å². The van der Waals surface area contributed by atoms with Crippen molar-refractivity contribution in [2.75, 3.05) is 6.61 Å². The minimum absolute atomic E-state index is 0.0541. The molecule has 0 radical (unpaired) electrons. The van der Waals surface area contributed by atoms with Crippen molar-refractivity contribution in [3.8, 4) is 0 Å². The number of Topliss-reactive ketones (excluding diaryl/α,β-unsaturated/α-hetero) is 1. The molecule has 0 bridgehead atoms. The highest BCUT2D eigenvalue weighted by Crippen LogP contribution is 2.25. The van der Waals surface area contributed by atoms with Gasteiger partial charge >= 0.3 is 0 Å². The fraction of sp³-hybridized carbons (Fsp3) is 0.300. The summed E-state index contributed by atoms with van der Waals surface area (Å²) < 4.78 is 5.91. The third-order valence-corrected chi connectivity index (χ3v) is 3.19. The number of allylic oxidation sites excluding steroid dienone is 2. The third kappa shape index (κ3) is 1.99. The Morgan fingerprint density at radius 1 is 1.50 bits per heavy atom. The molecule has 0 unspecified atom stereocenters. The van der Waals surface area contributed by atoms with Crippen molar-refractivity contribution in [3.63, 3.8) is 0 Å². The molecule has 0 fully saturated rings. The summed E-state index contributed by atoms with van der Waals surface area (Å²) in [5.41, 5.74) is 0. The van der Waals surface area contributed by atoms with Gasteiger partial charge in [-0.2, -0.15) is 0 Å². The molecule has 0 saturated carbocycles. The van der Waals surface area contributed by atoms with E-state index in [0.29, 0.717) is 21.6 Å². The quantitative estimate of drug-likeness (QED) is 0.727. The van der Waals surface area contributed by atoms with Gasteiger partial charge in [0.2, 0.25) is 5.78 Å². The van der Waals surface area contributed by atoms with Crippen molar-refractivity contribution < 1.29 is 9.53 Å². The lowest BCUT2D eigenvalue weighted by Crippen LogP contribution is -2.09. The van der Waals surface area contributed by atoms with Crippen molar-refractivity contribution in [3.05, 3.63) is 33.2 Å². The molecule has 2 heterocycles. The zero-order valence-corrected chi connectivity index (χ0v) is 9.03. The number of ketones is 1. The van der Waals surface area contributed by atoms with Crippen LogP contribution in [0.15, 0.2) is 24.0 Å². The van der Waals surface area contributed by atoms with E-state index in [0.717, 1.165) is 12.8 Å². The number of hydrogen-bond acceptors (Lipinski definition) is 3. The van der Waals surface area contributed by atoms with Crippen molar-refractivity contribution in [2.24, 2.45) is 0 Å². The average Bonchev–Trinajstić information content (AvgIpc) is 2.65. The number of halogens is 1. The van der Waals surface area contributed by atoms with E-state index in [2.05, 4.69) is 0 Å². The first-order valence-corrected chi connectivity index (χ1v) is 5.60. The number of carbonyl (C=O) groups is 1. The zero-order valence-electron chi connectivity index (χ0n) is 7.46. The molecule has 1 aromatic rings. The molecule has 0 spiro atoms. The molecule has 74 valence electrons. The van der Waals surface area contributed by atoms with Crippen LogP contribution in [0.2, 0.25) is 4.34 Å². The third-order valence-electron chi connectivity index (χ3n) is 1.96. The highest BCUT2D eigenvalue weighted by molar-refractivity contribution is 7.18. The van der Waals surface area contributed by atoms with Gasteiger partial charge in [-0.15, -0.1) is 11.3 Å². The summed E-state index contributed by atoms with van der Waals surface area (Å²) in [6.07, 6.45) is 3.75. The molecule has 1 aliphatic heterocycles. The Bertz CT molecular complexity index is 381. The molecule has 1 aromatic heterocycles. The van der Waals surface area contributed by atoms with Crippen molar-refractivity contribution >= 4 is 28.7 Å². The van der Waals surface area contributed by atoms with Crippen LogP contribution in [-0.4, -0.2) is 12.4 Å². The monoisotopic (exact) mass is 228 g/mol. The molecular weight excluding hydrogens is 220 g/mol. The maximum atomic E-state index is 11.8. The van der Waals surface area contributed by atoms with Gasteiger partial charge in [-0.1, -0.05) is 11.6 Å². The molecular formula is C10H9ClO2S. The lowest BCUT2D eigenvalue weighted by Gasteiger charge is -2.12. The summed E-state index contributed by atoms with van der Waals surface area (Å²) in [6.45, 7) is 0.636. The predicted molar refractivity (Wildman–Crippen MR) is 56.9 cm³/mol. The summed E-state index contributed by atoms with van der Waals surface area (Å²) in [5.74, 6) is 0.413. The van der Waals surface area contributed by atoms with Gasteiger partial charge in [-0.05, 0) is 31.1 Å². The van der Waals surface area contributed by atoms with Gasteiger partial charge in [0.1, 0.15) is 0 Å². The van der Waals surface area contributed by atoms with E-state index in [1.165, 1.54) is 11.3 Å².